The van der Waals surface area contributed by atoms with Crippen LogP contribution in [-0.4, -0.2) is 0 Å². The van der Waals surface area contributed by atoms with Gasteiger partial charge >= 0.3 is 0 Å². The Morgan fingerprint density at radius 2 is 2.06 bits per heavy atom. The van der Waals surface area contributed by atoms with E-state index in [1.165, 1.54) is 0 Å². The van der Waals surface area contributed by atoms with Crippen LogP contribution < -0.4 is 5.32 Å². The molecular formula is C14H10BrClN2. The van der Waals surface area contributed by atoms with E-state index < -0.39 is 0 Å². The van der Waals surface area contributed by atoms with E-state index in [0.29, 0.717) is 17.1 Å². The second-order valence-corrected chi connectivity index (χ2v) is 5.07. The van der Waals surface area contributed by atoms with Crippen LogP contribution in [0.5, 0.6) is 0 Å². The summed E-state index contributed by atoms with van der Waals surface area (Å²) in [7, 11) is 0. The molecule has 0 aliphatic rings. The van der Waals surface area contributed by atoms with Gasteiger partial charge in [-0.05, 0) is 42.0 Å². The summed E-state index contributed by atoms with van der Waals surface area (Å²) in [5.74, 6) is 0. The number of halogens is 2. The first kappa shape index (κ1) is 12.9. The number of hydrogen-bond acceptors (Lipinski definition) is 2. The van der Waals surface area contributed by atoms with Gasteiger partial charge in [0.15, 0.2) is 0 Å². The first-order valence-electron chi connectivity index (χ1n) is 5.37. The lowest BCUT2D eigenvalue weighted by atomic mass is 10.2. The van der Waals surface area contributed by atoms with Gasteiger partial charge in [-0.2, -0.15) is 5.26 Å². The van der Waals surface area contributed by atoms with Gasteiger partial charge in [-0.1, -0.05) is 33.6 Å². The second-order valence-electron chi connectivity index (χ2n) is 3.78. The standard InChI is InChI=1S/C14H10BrClN2/c15-14-5-4-12(16)7-11(14)9-18-13-3-1-2-10(6-13)8-17/h1-7,18H,9H2. The zero-order chi connectivity index (χ0) is 13.0. The highest BCUT2D eigenvalue weighted by molar-refractivity contribution is 9.10. The molecule has 0 aromatic heterocycles. The molecule has 2 aromatic rings. The van der Waals surface area contributed by atoms with Gasteiger partial charge in [0.2, 0.25) is 0 Å². The number of benzene rings is 2. The molecule has 90 valence electrons. The van der Waals surface area contributed by atoms with Crippen molar-refractivity contribution >= 4 is 33.2 Å². The maximum atomic E-state index is 8.83. The Kier molecular flexibility index (Phi) is 4.24. The van der Waals surface area contributed by atoms with Crippen LogP contribution in [0.4, 0.5) is 5.69 Å². The fourth-order valence-electron chi connectivity index (χ4n) is 1.57. The van der Waals surface area contributed by atoms with Crippen molar-refractivity contribution in [3.63, 3.8) is 0 Å². The van der Waals surface area contributed by atoms with Gasteiger partial charge in [0, 0.05) is 21.7 Å². The predicted molar refractivity (Wildman–Crippen MR) is 77.6 cm³/mol. The minimum absolute atomic E-state index is 0.644. The Bertz CT molecular complexity index is 605. The van der Waals surface area contributed by atoms with Crippen molar-refractivity contribution in [3.8, 4) is 6.07 Å². The lowest BCUT2D eigenvalue weighted by Gasteiger charge is -2.09. The molecule has 0 saturated carbocycles. The molecule has 0 fully saturated rings. The van der Waals surface area contributed by atoms with Crippen LogP contribution in [0.1, 0.15) is 11.1 Å². The lowest BCUT2D eigenvalue weighted by Crippen LogP contribution is -2.00. The molecule has 2 rings (SSSR count). The first-order chi connectivity index (χ1) is 8.69. The van der Waals surface area contributed by atoms with Gasteiger partial charge in [0.1, 0.15) is 0 Å². The van der Waals surface area contributed by atoms with Crippen LogP contribution in [0, 0.1) is 11.3 Å². The van der Waals surface area contributed by atoms with Crippen LogP contribution >= 0.6 is 27.5 Å². The number of rotatable bonds is 3. The second kappa shape index (κ2) is 5.90. The average Bonchev–Trinajstić information content (AvgIpc) is 2.40. The van der Waals surface area contributed by atoms with Crippen LogP contribution in [0.25, 0.3) is 0 Å². The summed E-state index contributed by atoms with van der Waals surface area (Å²) >= 11 is 9.44. The zero-order valence-corrected chi connectivity index (χ0v) is 11.8. The Morgan fingerprint density at radius 1 is 1.22 bits per heavy atom. The first-order valence-corrected chi connectivity index (χ1v) is 6.54. The van der Waals surface area contributed by atoms with Crippen molar-refractivity contribution in [1.29, 1.82) is 5.26 Å². The van der Waals surface area contributed by atoms with Crippen LogP contribution in [0.2, 0.25) is 5.02 Å². The molecule has 0 amide bonds. The third kappa shape index (κ3) is 3.25. The summed E-state index contributed by atoms with van der Waals surface area (Å²) in [6.07, 6.45) is 0. The lowest BCUT2D eigenvalue weighted by molar-refractivity contribution is 1.14. The summed E-state index contributed by atoms with van der Waals surface area (Å²) < 4.78 is 1.01. The average molecular weight is 322 g/mol. The normalized spacial score (nSPS) is 9.83. The largest absolute Gasteiger partial charge is 0.381 e. The maximum absolute atomic E-state index is 8.83. The zero-order valence-electron chi connectivity index (χ0n) is 9.45. The SMILES string of the molecule is N#Cc1cccc(NCc2cc(Cl)ccc2Br)c1. The van der Waals surface area contributed by atoms with Crippen molar-refractivity contribution < 1.29 is 0 Å². The monoisotopic (exact) mass is 320 g/mol. The van der Waals surface area contributed by atoms with Crippen LogP contribution in [0.3, 0.4) is 0 Å². The van der Waals surface area contributed by atoms with E-state index in [1.807, 2.05) is 36.4 Å². The van der Waals surface area contributed by atoms with E-state index in [-0.39, 0.29) is 0 Å². The highest BCUT2D eigenvalue weighted by Crippen LogP contribution is 2.22. The Labute approximate surface area is 119 Å². The molecule has 0 radical (unpaired) electrons. The Balaban J connectivity index is 2.11. The van der Waals surface area contributed by atoms with Crippen LogP contribution in [0.15, 0.2) is 46.9 Å². The fraction of sp³-hybridized carbons (Fsp3) is 0.0714. The third-order valence-electron chi connectivity index (χ3n) is 2.48. The Hall–Kier alpha value is -1.50. The molecule has 1 N–H and O–H groups in total. The van der Waals surface area contributed by atoms with Gasteiger partial charge in [0.05, 0.1) is 11.6 Å². The van der Waals surface area contributed by atoms with Crippen molar-refractivity contribution in [2.45, 2.75) is 6.54 Å². The van der Waals surface area contributed by atoms with E-state index >= 15 is 0 Å². The number of nitrogens with one attached hydrogen (secondary N) is 1. The van der Waals surface area contributed by atoms with Crippen molar-refractivity contribution in [1.82, 2.24) is 0 Å². The van der Waals surface area contributed by atoms with E-state index in [1.54, 1.807) is 6.07 Å². The number of anilines is 1. The molecule has 0 aliphatic heterocycles. The minimum atomic E-state index is 0.644. The molecule has 18 heavy (non-hydrogen) atoms. The van der Waals surface area contributed by atoms with Gasteiger partial charge in [-0.3, -0.25) is 0 Å². The van der Waals surface area contributed by atoms with Gasteiger partial charge in [-0.25, -0.2) is 0 Å². The molecule has 0 spiro atoms. The van der Waals surface area contributed by atoms with Crippen LogP contribution in [-0.2, 0) is 6.54 Å². The van der Waals surface area contributed by atoms with Gasteiger partial charge < -0.3 is 5.32 Å². The third-order valence-corrected chi connectivity index (χ3v) is 3.49. The number of nitrogens with zero attached hydrogens (tertiary/aromatic N) is 1. The van der Waals surface area contributed by atoms with E-state index in [4.69, 9.17) is 16.9 Å². The van der Waals surface area contributed by atoms with E-state index in [0.717, 1.165) is 15.7 Å². The quantitative estimate of drug-likeness (QED) is 0.897. The molecule has 2 nitrogen and oxygen atoms in total. The minimum Gasteiger partial charge on any atom is -0.381 e. The Morgan fingerprint density at radius 3 is 2.83 bits per heavy atom. The smallest absolute Gasteiger partial charge is 0.0992 e. The summed E-state index contributed by atoms with van der Waals surface area (Å²) in [6.45, 7) is 0.649. The molecule has 0 aliphatic carbocycles. The van der Waals surface area contributed by atoms with E-state index in [9.17, 15) is 0 Å². The molecule has 0 unspecified atom stereocenters. The molecule has 0 bridgehead atoms. The molecule has 0 heterocycles. The van der Waals surface area contributed by atoms with Gasteiger partial charge in [0.25, 0.3) is 0 Å². The molecule has 0 atom stereocenters. The summed E-state index contributed by atoms with van der Waals surface area (Å²) in [5.41, 5.74) is 2.64. The van der Waals surface area contributed by atoms with E-state index in [2.05, 4.69) is 27.3 Å². The predicted octanol–water partition coefficient (Wildman–Crippen LogP) is 4.59. The van der Waals surface area contributed by atoms with Crippen molar-refractivity contribution in [3.05, 3.63) is 63.1 Å². The summed E-state index contributed by atoms with van der Waals surface area (Å²) in [6, 6.07) is 15.2. The molecular weight excluding hydrogens is 312 g/mol. The fourth-order valence-corrected chi connectivity index (χ4v) is 2.16. The molecule has 0 saturated heterocycles. The maximum Gasteiger partial charge on any atom is 0.0992 e. The number of hydrogen-bond donors (Lipinski definition) is 1. The summed E-state index contributed by atoms with van der Waals surface area (Å²) in [4.78, 5) is 0. The topological polar surface area (TPSA) is 35.8 Å². The molecule has 4 heteroatoms. The van der Waals surface area contributed by atoms with Crippen molar-refractivity contribution in [2.75, 3.05) is 5.32 Å². The molecule has 2 aromatic carbocycles. The summed E-state index contributed by atoms with van der Waals surface area (Å²) in [5, 5.41) is 12.8. The van der Waals surface area contributed by atoms with Gasteiger partial charge in [-0.15, -0.1) is 0 Å². The van der Waals surface area contributed by atoms with Crippen molar-refractivity contribution in [2.24, 2.45) is 0 Å². The highest BCUT2D eigenvalue weighted by atomic mass is 79.9. The number of nitriles is 1. The highest BCUT2D eigenvalue weighted by Gasteiger charge is 2.01.